The molecular formula is C13H15FN2O. The number of carbonyl (C=O) groups excluding carboxylic acids is 1. The summed E-state index contributed by atoms with van der Waals surface area (Å²) in [6, 6.07) is 4.18. The van der Waals surface area contributed by atoms with Crippen LogP contribution in [-0.4, -0.2) is 23.9 Å². The number of carbonyl (C=O) groups is 1. The SMILES string of the molecule is CCC(NC)C(=O)c1c[nH]c2ccc(F)cc12. The van der Waals surface area contributed by atoms with Gasteiger partial charge in [-0.3, -0.25) is 4.79 Å². The van der Waals surface area contributed by atoms with E-state index in [2.05, 4.69) is 10.3 Å². The fourth-order valence-corrected chi connectivity index (χ4v) is 2.01. The van der Waals surface area contributed by atoms with Gasteiger partial charge < -0.3 is 10.3 Å². The van der Waals surface area contributed by atoms with Gasteiger partial charge in [-0.05, 0) is 31.7 Å². The number of nitrogens with one attached hydrogen (secondary N) is 2. The summed E-state index contributed by atoms with van der Waals surface area (Å²) in [6.07, 6.45) is 2.35. The number of Topliss-reactive ketones (excluding diaryl/α,β-unsaturated/α-hetero) is 1. The van der Waals surface area contributed by atoms with Gasteiger partial charge in [0.1, 0.15) is 5.82 Å². The maximum absolute atomic E-state index is 13.2. The van der Waals surface area contributed by atoms with Crippen LogP contribution in [0, 0.1) is 5.82 Å². The summed E-state index contributed by atoms with van der Waals surface area (Å²) in [7, 11) is 1.75. The summed E-state index contributed by atoms with van der Waals surface area (Å²) in [5.41, 5.74) is 1.32. The van der Waals surface area contributed by atoms with Crippen LogP contribution in [-0.2, 0) is 0 Å². The van der Waals surface area contributed by atoms with Gasteiger partial charge in [-0.25, -0.2) is 4.39 Å². The third kappa shape index (κ3) is 2.08. The predicted molar refractivity (Wildman–Crippen MR) is 65.7 cm³/mol. The van der Waals surface area contributed by atoms with Crippen molar-refractivity contribution in [2.45, 2.75) is 19.4 Å². The second-order valence-electron chi connectivity index (χ2n) is 4.01. The van der Waals surface area contributed by atoms with Gasteiger partial charge in [-0.1, -0.05) is 6.92 Å². The van der Waals surface area contributed by atoms with Crippen molar-refractivity contribution < 1.29 is 9.18 Å². The molecule has 1 atom stereocenters. The number of hydrogen-bond donors (Lipinski definition) is 2. The Morgan fingerprint density at radius 1 is 1.53 bits per heavy atom. The molecule has 0 aliphatic heterocycles. The minimum absolute atomic E-state index is 0.00755. The second kappa shape index (κ2) is 4.67. The molecule has 1 aromatic carbocycles. The highest BCUT2D eigenvalue weighted by Gasteiger charge is 2.19. The zero-order valence-corrected chi connectivity index (χ0v) is 9.88. The lowest BCUT2D eigenvalue weighted by molar-refractivity contribution is 0.0946. The maximum atomic E-state index is 13.2. The first-order chi connectivity index (χ1) is 8.17. The fourth-order valence-electron chi connectivity index (χ4n) is 2.01. The van der Waals surface area contributed by atoms with Gasteiger partial charge in [-0.2, -0.15) is 0 Å². The molecule has 0 fully saturated rings. The zero-order chi connectivity index (χ0) is 12.4. The van der Waals surface area contributed by atoms with Crippen molar-refractivity contribution in [3.8, 4) is 0 Å². The summed E-state index contributed by atoms with van der Waals surface area (Å²) in [4.78, 5) is 15.2. The lowest BCUT2D eigenvalue weighted by atomic mass is 10.0. The number of likely N-dealkylation sites (N-methyl/N-ethyl adjacent to an activating group) is 1. The predicted octanol–water partition coefficient (Wildman–Crippen LogP) is 2.49. The average molecular weight is 234 g/mol. The molecule has 0 aliphatic carbocycles. The fraction of sp³-hybridized carbons (Fsp3) is 0.308. The monoisotopic (exact) mass is 234 g/mol. The van der Waals surface area contributed by atoms with Crippen molar-refractivity contribution in [3.63, 3.8) is 0 Å². The van der Waals surface area contributed by atoms with E-state index in [1.54, 1.807) is 19.3 Å². The molecule has 0 amide bonds. The van der Waals surface area contributed by atoms with Crippen LogP contribution in [0.15, 0.2) is 24.4 Å². The Balaban J connectivity index is 2.48. The van der Waals surface area contributed by atoms with Gasteiger partial charge in [0.15, 0.2) is 5.78 Å². The lowest BCUT2D eigenvalue weighted by Gasteiger charge is -2.11. The molecule has 2 N–H and O–H groups in total. The first-order valence-electron chi connectivity index (χ1n) is 5.65. The van der Waals surface area contributed by atoms with Gasteiger partial charge in [0, 0.05) is 22.7 Å². The number of benzene rings is 1. The van der Waals surface area contributed by atoms with Crippen molar-refractivity contribution in [2.24, 2.45) is 0 Å². The molecule has 2 rings (SSSR count). The summed E-state index contributed by atoms with van der Waals surface area (Å²) in [6.45, 7) is 1.94. The van der Waals surface area contributed by atoms with E-state index in [0.29, 0.717) is 17.4 Å². The van der Waals surface area contributed by atoms with E-state index in [4.69, 9.17) is 0 Å². The molecule has 0 spiro atoms. The summed E-state index contributed by atoms with van der Waals surface area (Å²) in [5.74, 6) is -0.337. The number of rotatable bonds is 4. The van der Waals surface area contributed by atoms with E-state index in [1.807, 2.05) is 6.92 Å². The van der Waals surface area contributed by atoms with Crippen LogP contribution < -0.4 is 5.32 Å². The van der Waals surface area contributed by atoms with Crippen LogP contribution in [0.2, 0.25) is 0 Å². The van der Waals surface area contributed by atoms with E-state index in [1.165, 1.54) is 12.1 Å². The lowest BCUT2D eigenvalue weighted by Crippen LogP contribution is -2.33. The Hall–Kier alpha value is -1.68. The minimum atomic E-state index is -0.330. The molecule has 4 heteroatoms. The Labute approximate surface area is 99.0 Å². The Morgan fingerprint density at radius 3 is 2.94 bits per heavy atom. The van der Waals surface area contributed by atoms with Crippen molar-refractivity contribution in [1.29, 1.82) is 0 Å². The number of H-pyrrole nitrogens is 1. The van der Waals surface area contributed by atoms with Crippen LogP contribution >= 0.6 is 0 Å². The third-order valence-electron chi connectivity index (χ3n) is 2.98. The average Bonchev–Trinajstić information content (AvgIpc) is 2.73. The van der Waals surface area contributed by atoms with Gasteiger partial charge >= 0.3 is 0 Å². The van der Waals surface area contributed by atoms with Crippen molar-refractivity contribution in [3.05, 3.63) is 35.8 Å². The van der Waals surface area contributed by atoms with Crippen molar-refractivity contribution in [2.75, 3.05) is 7.05 Å². The Kier molecular flexibility index (Phi) is 3.24. The highest BCUT2D eigenvalue weighted by Crippen LogP contribution is 2.21. The maximum Gasteiger partial charge on any atom is 0.181 e. The van der Waals surface area contributed by atoms with Gasteiger partial charge in [0.25, 0.3) is 0 Å². The normalized spacial score (nSPS) is 12.9. The molecule has 17 heavy (non-hydrogen) atoms. The molecule has 0 saturated heterocycles. The smallest absolute Gasteiger partial charge is 0.181 e. The van der Waals surface area contributed by atoms with Crippen LogP contribution in [0.5, 0.6) is 0 Å². The highest BCUT2D eigenvalue weighted by molar-refractivity contribution is 6.10. The topological polar surface area (TPSA) is 44.9 Å². The molecule has 0 bridgehead atoms. The molecule has 3 nitrogen and oxygen atoms in total. The van der Waals surface area contributed by atoms with Crippen LogP contribution in [0.3, 0.4) is 0 Å². The van der Waals surface area contributed by atoms with E-state index in [-0.39, 0.29) is 17.6 Å². The van der Waals surface area contributed by atoms with Gasteiger partial charge in [-0.15, -0.1) is 0 Å². The molecule has 1 heterocycles. The van der Waals surface area contributed by atoms with E-state index < -0.39 is 0 Å². The standard InChI is InChI=1S/C13H15FN2O/c1-3-11(15-2)13(17)10-7-16-12-5-4-8(14)6-9(10)12/h4-7,11,15-16H,3H2,1-2H3. The summed E-state index contributed by atoms with van der Waals surface area (Å²) in [5, 5.41) is 3.60. The number of fused-ring (bicyclic) bond motifs is 1. The molecule has 0 saturated carbocycles. The first-order valence-corrected chi connectivity index (χ1v) is 5.65. The summed E-state index contributed by atoms with van der Waals surface area (Å²) < 4.78 is 13.2. The van der Waals surface area contributed by atoms with Crippen molar-refractivity contribution >= 4 is 16.7 Å². The number of ketones is 1. The number of aromatic amines is 1. The first kappa shape index (κ1) is 11.8. The second-order valence-corrected chi connectivity index (χ2v) is 4.01. The van der Waals surface area contributed by atoms with Crippen LogP contribution in [0.25, 0.3) is 10.9 Å². The molecule has 1 unspecified atom stereocenters. The molecule has 1 aromatic heterocycles. The van der Waals surface area contributed by atoms with Gasteiger partial charge in [0.05, 0.1) is 6.04 Å². The third-order valence-corrected chi connectivity index (χ3v) is 2.98. The van der Waals surface area contributed by atoms with E-state index >= 15 is 0 Å². The van der Waals surface area contributed by atoms with Gasteiger partial charge in [0.2, 0.25) is 0 Å². The molecule has 2 aromatic rings. The quantitative estimate of drug-likeness (QED) is 0.798. The highest BCUT2D eigenvalue weighted by atomic mass is 19.1. The zero-order valence-electron chi connectivity index (χ0n) is 9.88. The van der Waals surface area contributed by atoms with Crippen LogP contribution in [0.1, 0.15) is 23.7 Å². The Bertz CT molecular complexity index is 543. The van der Waals surface area contributed by atoms with Crippen LogP contribution in [0.4, 0.5) is 4.39 Å². The minimum Gasteiger partial charge on any atom is -0.360 e. The largest absolute Gasteiger partial charge is 0.360 e. The molecular weight excluding hydrogens is 219 g/mol. The number of halogens is 1. The number of aromatic nitrogens is 1. The molecule has 0 radical (unpaired) electrons. The van der Waals surface area contributed by atoms with E-state index in [9.17, 15) is 9.18 Å². The molecule has 0 aliphatic rings. The number of hydrogen-bond acceptors (Lipinski definition) is 2. The molecule has 90 valence electrons. The summed E-state index contributed by atoms with van der Waals surface area (Å²) >= 11 is 0. The Morgan fingerprint density at radius 2 is 2.29 bits per heavy atom. The van der Waals surface area contributed by atoms with E-state index in [0.717, 1.165) is 5.52 Å². The van der Waals surface area contributed by atoms with Crippen molar-refractivity contribution in [1.82, 2.24) is 10.3 Å².